The van der Waals surface area contributed by atoms with Crippen LogP contribution in [0.1, 0.15) is 15.9 Å². The number of aromatic nitrogens is 1. The average molecular weight is 373 g/mol. The Morgan fingerprint density at radius 2 is 2.15 bits per heavy atom. The fourth-order valence-corrected chi connectivity index (χ4v) is 1.67. The summed E-state index contributed by atoms with van der Waals surface area (Å²) in [6, 6.07) is 0.749. The fourth-order valence-electron chi connectivity index (χ4n) is 1.24. The molecule has 1 aromatic rings. The summed E-state index contributed by atoms with van der Waals surface area (Å²) in [7, 11) is 0. The SMILES string of the molecule is Br.N=C(N)SCCNC(=O)c1cnccc1C(F)(F)F. The van der Waals surface area contributed by atoms with Crippen molar-refractivity contribution in [2.75, 3.05) is 12.3 Å². The topological polar surface area (TPSA) is 91.9 Å². The Morgan fingerprint density at radius 1 is 1.50 bits per heavy atom. The van der Waals surface area contributed by atoms with E-state index in [2.05, 4.69) is 10.3 Å². The van der Waals surface area contributed by atoms with Crippen molar-refractivity contribution in [2.24, 2.45) is 5.73 Å². The molecule has 0 aliphatic heterocycles. The molecular formula is C10H12BrF3N4OS. The van der Waals surface area contributed by atoms with Gasteiger partial charge < -0.3 is 11.1 Å². The number of rotatable bonds is 4. The summed E-state index contributed by atoms with van der Waals surface area (Å²) in [5.41, 5.74) is 3.52. The van der Waals surface area contributed by atoms with Gasteiger partial charge in [-0.1, -0.05) is 11.8 Å². The van der Waals surface area contributed by atoms with Crippen molar-refractivity contribution >= 4 is 39.8 Å². The predicted octanol–water partition coefficient (Wildman–Crippen LogP) is 2.03. The predicted molar refractivity (Wildman–Crippen MR) is 76.3 cm³/mol. The van der Waals surface area contributed by atoms with E-state index in [9.17, 15) is 18.0 Å². The van der Waals surface area contributed by atoms with E-state index in [-0.39, 0.29) is 28.7 Å². The van der Waals surface area contributed by atoms with E-state index in [1.165, 1.54) is 0 Å². The van der Waals surface area contributed by atoms with E-state index in [1.807, 2.05) is 0 Å². The Bertz CT molecular complexity index is 484. The van der Waals surface area contributed by atoms with Crippen LogP contribution in [-0.2, 0) is 6.18 Å². The number of amidine groups is 1. The molecular weight excluding hydrogens is 361 g/mol. The van der Waals surface area contributed by atoms with Crippen molar-refractivity contribution < 1.29 is 18.0 Å². The van der Waals surface area contributed by atoms with Crippen LogP contribution in [0.15, 0.2) is 18.5 Å². The highest BCUT2D eigenvalue weighted by Crippen LogP contribution is 2.31. The Hall–Kier alpha value is -1.29. The Morgan fingerprint density at radius 3 is 2.70 bits per heavy atom. The normalized spacial score (nSPS) is 10.6. The van der Waals surface area contributed by atoms with Gasteiger partial charge in [0.05, 0.1) is 11.1 Å². The van der Waals surface area contributed by atoms with Gasteiger partial charge >= 0.3 is 6.18 Å². The van der Waals surface area contributed by atoms with Crippen molar-refractivity contribution in [3.63, 3.8) is 0 Å². The number of carbonyl (C=O) groups is 1. The first-order chi connectivity index (χ1) is 8.82. The van der Waals surface area contributed by atoms with Crippen molar-refractivity contribution in [3.8, 4) is 0 Å². The zero-order valence-electron chi connectivity index (χ0n) is 10.0. The van der Waals surface area contributed by atoms with Gasteiger partial charge in [0, 0.05) is 24.7 Å². The molecule has 0 aromatic carbocycles. The van der Waals surface area contributed by atoms with E-state index in [4.69, 9.17) is 11.1 Å². The number of thioether (sulfide) groups is 1. The number of hydrogen-bond acceptors (Lipinski definition) is 4. The van der Waals surface area contributed by atoms with Gasteiger partial charge in [-0.2, -0.15) is 13.2 Å². The number of halogens is 4. The second-order valence-electron chi connectivity index (χ2n) is 3.39. The molecule has 0 aliphatic rings. The summed E-state index contributed by atoms with van der Waals surface area (Å²) in [6.07, 6.45) is -2.76. The van der Waals surface area contributed by atoms with Gasteiger partial charge in [-0.05, 0) is 6.07 Å². The van der Waals surface area contributed by atoms with Crippen LogP contribution in [0.3, 0.4) is 0 Å². The molecule has 5 nitrogen and oxygen atoms in total. The van der Waals surface area contributed by atoms with Gasteiger partial charge in [0.25, 0.3) is 5.91 Å². The van der Waals surface area contributed by atoms with Gasteiger partial charge in [-0.15, -0.1) is 17.0 Å². The minimum Gasteiger partial charge on any atom is -0.379 e. The molecule has 1 aromatic heterocycles. The molecule has 20 heavy (non-hydrogen) atoms. The standard InChI is InChI=1S/C10H11F3N4OS.BrH/c11-10(12,13)7-1-2-16-5-6(7)8(18)17-3-4-19-9(14)15;/h1-2,5H,3-4H2,(H3,14,15)(H,17,18);1H. The molecule has 1 heterocycles. The average Bonchev–Trinajstić information content (AvgIpc) is 2.33. The lowest BCUT2D eigenvalue weighted by atomic mass is 10.1. The van der Waals surface area contributed by atoms with E-state index in [0.717, 1.165) is 30.2 Å². The van der Waals surface area contributed by atoms with E-state index >= 15 is 0 Å². The van der Waals surface area contributed by atoms with Crippen molar-refractivity contribution in [1.29, 1.82) is 5.41 Å². The lowest BCUT2D eigenvalue weighted by molar-refractivity contribution is -0.138. The maximum absolute atomic E-state index is 12.6. The molecule has 0 bridgehead atoms. The first-order valence-corrected chi connectivity index (χ1v) is 6.07. The number of nitrogens with one attached hydrogen (secondary N) is 2. The third kappa shape index (κ3) is 5.78. The highest BCUT2D eigenvalue weighted by Gasteiger charge is 2.35. The molecule has 0 saturated heterocycles. The third-order valence-electron chi connectivity index (χ3n) is 2.02. The Balaban J connectivity index is 0.00000361. The second kappa shape index (κ2) is 8.10. The molecule has 4 N–H and O–H groups in total. The van der Waals surface area contributed by atoms with Crippen LogP contribution < -0.4 is 11.1 Å². The zero-order valence-corrected chi connectivity index (χ0v) is 12.6. The first-order valence-electron chi connectivity index (χ1n) is 5.08. The number of pyridine rings is 1. The molecule has 0 aliphatic carbocycles. The molecule has 0 radical (unpaired) electrons. The van der Waals surface area contributed by atoms with E-state index < -0.39 is 23.2 Å². The smallest absolute Gasteiger partial charge is 0.379 e. The van der Waals surface area contributed by atoms with Crippen LogP contribution >= 0.6 is 28.7 Å². The van der Waals surface area contributed by atoms with Gasteiger partial charge in [0.2, 0.25) is 0 Å². The molecule has 1 rings (SSSR count). The number of amides is 1. The molecule has 10 heteroatoms. The van der Waals surface area contributed by atoms with Crippen LogP contribution in [0.25, 0.3) is 0 Å². The largest absolute Gasteiger partial charge is 0.417 e. The number of nitrogens with zero attached hydrogens (tertiary/aromatic N) is 1. The van der Waals surface area contributed by atoms with E-state index in [0.29, 0.717) is 5.75 Å². The van der Waals surface area contributed by atoms with Crippen LogP contribution in [0.5, 0.6) is 0 Å². The lowest BCUT2D eigenvalue weighted by Gasteiger charge is -2.11. The molecule has 0 atom stereocenters. The molecule has 0 fully saturated rings. The maximum atomic E-state index is 12.6. The Kier molecular flexibility index (Phi) is 7.58. The monoisotopic (exact) mass is 372 g/mol. The summed E-state index contributed by atoms with van der Waals surface area (Å²) in [5, 5.41) is 9.13. The zero-order chi connectivity index (χ0) is 14.5. The second-order valence-corrected chi connectivity index (χ2v) is 4.52. The van der Waals surface area contributed by atoms with Crippen molar-refractivity contribution in [2.45, 2.75) is 6.18 Å². The Labute approximate surface area is 127 Å². The van der Waals surface area contributed by atoms with Crippen LogP contribution in [0, 0.1) is 5.41 Å². The van der Waals surface area contributed by atoms with Crippen molar-refractivity contribution in [1.82, 2.24) is 10.3 Å². The highest BCUT2D eigenvalue weighted by atomic mass is 79.9. The fraction of sp³-hybridized carbons (Fsp3) is 0.300. The third-order valence-corrected chi connectivity index (χ3v) is 2.74. The number of nitrogens with two attached hydrogens (primary N) is 1. The summed E-state index contributed by atoms with van der Waals surface area (Å²) >= 11 is 0.987. The minimum absolute atomic E-state index is 0. The molecule has 0 unspecified atom stereocenters. The summed E-state index contributed by atoms with van der Waals surface area (Å²) in [5.74, 6) is -0.549. The van der Waals surface area contributed by atoms with Gasteiger partial charge in [0.1, 0.15) is 0 Å². The van der Waals surface area contributed by atoms with Gasteiger partial charge in [-0.3, -0.25) is 15.2 Å². The molecule has 112 valence electrons. The summed E-state index contributed by atoms with van der Waals surface area (Å²) < 4.78 is 37.9. The minimum atomic E-state index is -4.61. The van der Waals surface area contributed by atoms with Crippen LogP contribution in [0.2, 0.25) is 0 Å². The van der Waals surface area contributed by atoms with Gasteiger partial charge in [-0.25, -0.2) is 0 Å². The highest BCUT2D eigenvalue weighted by molar-refractivity contribution is 8.93. The number of carbonyl (C=O) groups excluding carboxylic acids is 1. The van der Waals surface area contributed by atoms with Gasteiger partial charge in [0.15, 0.2) is 5.17 Å². The van der Waals surface area contributed by atoms with Crippen LogP contribution in [0.4, 0.5) is 13.2 Å². The molecule has 0 spiro atoms. The number of alkyl halides is 3. The lowest BCUT2D eigenvalue weighted by Crippen LogP contribution is -2.28. The molecule has 0 saturated carbocycles. The van der Waals surface area contributed by atoms with Crippen LogP contribution in [-0.4, -0.2) is 28.4 Å². The first kappa shape index (κ1) is 18.7. The number of hydrogen-bond donors (Lipinski definition) is 3. The van der Waals surface area contributed by atoms with Crippen molar-refractivity contribution in [3.05, 3.63) is 29.6 Å². The molecule has 1 amide bonds. The quantitative estimate of drug-likeness (QED) is 0.428. The summed E-state index contributed by atoms with van der Waals surface area (Å²) in [6.45, 7) is 0.106. The van der Waals surface area contributed by atoms with E-state index in [1.54, 1.807) is 0 Å². The summed E-state index contributed by atoms with van der Waals surface area (Å²) in [4.78, 5) is 15.1. The maximum Gasteiger partial charge on any atom is 0.417 e.